The lowest BCUT2D eigenvalue weighted by Crippen LogP contribution is -2.14. The van der Waals surface area contributed by atoms with Gasteiger partial charge in [0.05, 0.1) is 16.8 Å². The summed E-state index contributed by atoms with van der Waals surface area (Å²) in [5, 5.41) is 11.1. The number of H-pyrrole nitrogens is 1. The average molecular weight is 306 g/mol. The van der Waals surface area contributed by atoms with Crippen molar-refractivity contribution in [3.8, 4) is 0 Å². The van der Waals surface area contributed by atoms with Crippen LogP contribution < -0.4 is 4.72 Å². The number of hydrogen-bond donors (Lipinski definition) is 2. The number of nitrogens with zero attached hydrogens (tertiary/aromatic N) is 4. The molecule has 0 fully saturated rings. The Bertz CT molecular complexity index is 896. The number of aromatic nitrogens is 5. The van der Waals surface area contributed by atoms with E-state index >= 15 is 0 Å². The van der Waals surface area contributed by atoms with Crippen LogP contribution in [0, 0.1) is 0 Å². The second kappa shape index (κ2) is 4.85. The Kier molecular flexibility index (Phi) is 3.13. The van der Waals surface area contributed by atoms with Crippen LogP contribution in [0.3, 0.4) is 0 Å². The molecule has 0 aromatic carbocycles. The topological polar surface area (TPSA) is 106 Å². The Morgan fingerprint density at radius 2 is 2.24 bits per heavy atom. The second-order valence-electron chi connectivity index (χ2n) is 4.55. The van der Waals surface area contributed by atoms with E-state index in [0.29, 0.717) is 28.8 Å². The predicted molar refractivity (Wildman–Crippen MR) is 77.3 cm³/mol. The lowest BCUT2D eigenvalue weighted by molar-refractivity contribution is 0.598. The van der Waals surface area contributed by atoms with Gasteiger partial charge in [0.15, 0.2) is 10.7 Å². The summed E-state index contributed by atoms with van der Waals surface area (Å²) in [5.41, 5.74) is 1.51. The molecule has 0 saturated carbocycles. The number of aryl methyl sites for hydroxylation is 2. The zero-order valence-corrected chi connectivity index (χ0v) is 12.3. The quantitative estimate of drug-likeness (QED) is 0.749. The molecular formula is C12H14N6O2S. The first kappa shape index (κ1) is 13.6. The van der Waals surface area contributed by atoms with Crippen molar-refractivity contribution in [3.05, 3.63) is 30.2 Å². The molecule has 3 rings (SSSR count). The first-order valence-corrected chi connectivity index (χ1v) is 7.84. The summed E-state index contributed by atoms with van der Waals surface area (Å²) < 4.78 is 29.1. The molecule has 0 aliphatic heterocycles. The third-order valence-electron chi connectivity index (χ3n) is 3.05. The van der Waals surface area contributed by atoms with Gasteiger partial charge in [-0.1, -0.05) is 6.92 Å². The van der Waals surface area contributed by atoms with Crippen molar-refractivity contribution >= 4 is 26.7 Å². The lowest BCUT2D eigenvalue weighted by Gasteiger charge is -2.05. The van der Waals surface area contributed by atoms with E-state index in [1.807, 2.05) is 6.92 Å². The van der Waals surface area contributed by atoms with Crippen molar-refractivity contribution in [2.75, 3.05) is 4.72 Å². The molecule has 110 valence electrons. The number of sulfonamides is 1. The highest BCUT2D eigenvalue weighted by atomic mass is 32.2. The number of hydrogen-bond acceptors (Lipinski definition) is 5. The number of aromatic amines is 1. The summed E-state index contributed by atoms with van der Waals surface area (Å²) in [6.45, 7) is 1.91. The van der Waals surface area contributed by atoms with Crippen molar-refractivity contribution in [1.29, 1.82) is 0 Å². The van der Waals surface area contributed by atoms with Gasteiger partial charge in [-0.05, 0) is 18.6 Å². The van der Waals surface area contributed by atoms with E-state index in [-0.39, 0.29) is 5.03 Å². The van der Waals surface area contributed by atoms with Crippen LogP contribution in [0.15, 0.2) is 29.6 Å². The third-order valence-corrected chi connectivity index (χ3v) is 4.39. The van der Waals surface area contributed by atoms with Gasteiger partial charge < -0.3 is 0 Å². The maximum Gasteiger partial charge on any atom is 0.279 e. The molecule has 21 heavy (non-hydrogen) atoms. The van der Waals surface area contributed by atoms with Crippen LogP contribution in [0.4, 0.5) is 5.69 Å². The van der Waals surface area contributed by atoms with Crippen molar-refractivity contribution in [3.63, 3.8) is 0 Å². The Morgan fingerprint density at radius 1 is 1.43 bits per heavy atom. The third kappa shape index (κ3) is 2.35. The highest BCUT2D eigenvalue weighted by Crippen LogP contribution is 2.22. The Morgan fingerprint density at radius 3 is 3.00 bits per heavy atom. The van der Waals surface area contributed by atoms with E-state index in [0.717, 1.165) is 0 Å². The van der Waals surface area contributed by atoms with Crippen LogP contribution >= 0.6 is 0 Å². The van der Waals surface area contributed by atoms with Crippen molar-refractivity contribution in [1.82, 2.24) is 25.0 Å². The summed E-state index contributed by atoms with van der Waals surface area (Å²) in [5.74, 6) is 0. The van der Waals surface area contributed by atoms with E-state index in [9.17, 15) is 8.42 Å². The number of pyridine rings is 1. The highest BCUT2D eigenvalue weighted by Gasteiger charge is 2.22. The maximum atomic E-state index is 12.5. The van der Waals surface area contributed by atoms with Crippen LogP contribution in [-0.2, 0) is 23.5 Å². The summed E-state index contributed by atoms with van der Waals surface area (Å²) in [7, 11) is -2.03. The SMILES string of the molecule is CCc1nn(C)cc1NS(=O)(=O)c1[nH]nc2ncccc12. The average Bonchev–Trinajstić information content (AvgIpc) is 3.02. The monoisotopic (exact) mass is 306 g/mol. The van der Waals surface area contributed by atoms with Gasteiger partial charge in [0.25, 0.3) is 10.0 Å². The molecule has 0 radical (unpaired) electrons. The molecule has 3 aromatic heterocycles. The zero-order chi connectivity index (χ0) is 15.0. The Balaban J connectivity index is 2.04. The molecular weight excluding hydrogens is 292 g/mol. The van der Waals surface area contributed by atoms with Crippen LogP contribution in [0.1, 0.15) is 12.6 Å². The standard InChI is InChI=1S/C12H14N6O2S/c1-3-9-10(7-18(2)16-9)17-21(19,20)12-8-5-4-6-13-11(8)14-15-12/h4-7,17H,3H2,1-2H3,(H,13,14,15). The van der Waals surface area contributed by atoms with E-state index in [2.05, 4.69) is 25.0 Å². The van der Waals surface area contributed by atoms with Crippen LogP contribution in [0.2, 0.25) is 0 Å². The summed E-state index contributed by atoms with van der Waals surface area (Å²) in [4.78, 5) is 4.01. The Hall–Kier alpha value is -2.42. The molecule has 0 bridgehead atoms. The molecule has 9 heteroatoms. The number of rotatable bonds is 4. The molecule has 0 saturated heterocycles. The van der Waals surface area contributed by atoms with Crippen molar-refractivity contribution in [2.45, 2.75) is 18.4 Å². The van der Waals surface area contributed by atoms with Crippen LogP contribution in [0.5, 0.6) is 0 Å². The molecule has 2 N–H and O–H groups in total. The smallest absolute Gasteiger partial charge is 0.275 e. The fraction of sp³-hybridized carbons (Fsp3) is 0.250. The van der Waals surface area contributed by atoms with E-state index in [1.165, 1.54) is 0 Å². The van der Waals surface area contributed by atoms with Gasteiger partial charge in [0.1, 0.15) is 0 Å². The van der Waals surface area contributed by atoms with Crippen molar-refractivity contribution < 1.29 is 8.42 Å². The normalized spacial score (nSPS) is 11.9. The van der Waals surface area contributed by atoms with E-state index < -0.39 is 10.0 Å². The molecule has 0 amide bonds. The molecule has 0 unspecified atom stereocenters. The van der Waals surface area contributed by atoms with Gasteiger partial charge in [0, 0.05) is 19.4 Å². The molecule has 3 aromatic rings. The van der Waals surface area contributed by atoms with Gasteiger partial charge in [0.2, 0.25) is 0 Å². The minimum absolute atomic E-state index is 0.00324. The first-order valence-electron chi connectivity index (χ1n) is 6.35. The number of fused-ring (bicyclic) bond motifs is 1. The number of anilines is 1. The molecule has 0 aliphatic rings. The highest BCUT2D eigenvalue weighted by molar-refractivity contribution is 7.92. The molecule has 3 heterocycles. The van der Waals surface area contributed by atoms with Crippen LogP contribution in [0.25, 0.3) is 11.0 Å². The van der Waals surface area contributed by atoms with Gasteiger partial charge in [-0.25, -0.2) is 4.98 Å². The fourth-order valence-electron chi connectivity index (χ4n) is 2.11. The predicted octanol–water partition coefficient (Wildman–Crippen LogP) is 1.05. The largest absolute Gasteiger partial charge is 0.279 e. The van der Waals surface area contributed by atoms with Crippen molar-refractivity contribution in [2.24, 2.45) is 7.05 Å². The van der Waals surface area contributed by atoms with Gasteiger partial charge in [-0.2, -0.15) is 18.6 Å². The second-order valence-corrected chi connectivity index (χ2v) is 6.17. The van der Waals surface area contributed by atoms with Crippen LogP contribution in [-0.4, -0.2) is 33.4 Å². The summed E-state index contributed by atoms with van der Waals surface area (Å²) >= 11 is 0. The summed E-state index contributed by atoms with van der Waals surface area (Å²) in [6, 6.07) is 3.32. The van der Waals surface area contributed by atoms with Gasteiger partial charge in [-0.3, -0.25) is 14.5 Å². The minimum atomic E-state index is -3.78. The molecule has 0 aliphatic carbocycles. The number of nitrogens with one attached hydrogen (secondary N) is 2. The Labute approximate surface area is 121 Å². The van der Waals surface area contributed by atoms with Gasteiger partial charge in [-0.15, -0.1) is 0 Å². The summed E-state index contributed by atoms with van der Waals surface area (Å²) in [6.07, 6.45) is 3.82. The molecule has 0 spiro atoms. The minimum Gasteiger partial charge on any atom is -0.275 e. The molecule has 8 nitrogen and oxygen atoms in total. The fourth-order valence-corrected chi connectivity index (χ4v) is 3.29. The van der Waals surface area contributed by atoms with Gasteiger partial charge >= 0.3 is 0 Å². The van der Waals surface area contributed by atoms with E-state index in [4.69, 9.17) is 0 Å². The zero-order valence-electron chi connectivity index (χ0n) is 11.5. The molecule has 0 atom stereocenters. The lowest BCUT2D eigenvalue weighted by atomic mass is 10.3. The first-order chi connectivity index (χ1) is 10.0. The van der Waals surface area contributed by atoms with E-state index in [1.54, 1.807) is 36.3 Å². The maximum absolute atomic E-state index is 12.5.